The summed E-state index contributed by atoms with van der Waals surface area (Å²) in [6.45, 7) is -0.283. The largest absolute Gasteiger partial charge is 0.396 e. The molecule has 0 spiro atoms. The lowest BCUT2D eigenvalue weighted by Crippen LogP contribution is -2.27. The Morgan fingerprint density at radius 1 is 1.14 bits per heavy atom. The quantitative estimate of drug-likeness (QED) is 0.767. The van der Waals surface area contributed by atoms with Crippen molar-refractivity contribution in [3.8, 4) is 11.3 Å². The van der Waals surface area contributed by atoms with Gasteiger partial charge in [-0.25, -0.2) is 4.68 Å². The fraction of sp³-hybridized carbons (Fsp3) is 0.467. The summed E-state index contributed by atoms with van der Waals surface area (Å²) in [7, 11) is 0. The molecule has 0 aliphatic heterocycles. The predicted molar refractivity (Wildman–Crippen MR) is 76.3 cm³/mol. The number of aromatic nitrogens is 3. The van der Waals surface area contributed by atoms with Gasteiger partial charge in [0.15, 0.2) is 0 Å². The number of rotatable bonds is 4. The molecule has 0 bridgehead atoms. The molecule has 3 N–H and O–H groups in total. The van der Waals surface area contributed by atoms with E-state index in [0.29, 0.717) is 12.8 Å². The first-order valence-electron chi connectivity index (χ1n) is 7.04. The molecule has 3 rings (SSSR count). The highest BCUT2D eigenvalue weighted by Crippen LogP contribution is 2.43. The van der Waals surface area contributed by atoms with Gasteiger partial charge in [0.2, 0.25) is 0 Å². The van der Waals surface area contributed by atoms with Gasteiger partial charge in [-0.1, -0.05) is 35.5 Å². The van der Waals surface area contributed by atoms with Crippen LogP contribution in [0.3, 0.4) is 0 Å². The zero-order valence-electron chi connectivity index (χ0n) is 11.6. The Morgan fingerprint density at radius 2 is 1.86 bits per heavy atom. The van der Waals surface area contributed by atoms with E-state index in [-0.39, 0.29) is 19.3 Å². The molecule has 0 radical (unpaired) electrons. The highest BCUT2D eigenvalue weighted by Gasteiger charge is 2.45. The highest BCUT2D eigenvalue weighted by atomic mass is 16.3. The molecule has 1 aromatic carbocycles. The smallest absolute Gasteiger partial charge is 0.113 e. The predicted octanol–water partition coefficient (Wildman–Crippen LogP) is 0.612. The summed E-state index contributed by atoms with van der Waals surface area (Å²) in [4.78, 5) is 0. The van der Waals surface area contributed by atoms with Crippen LogP contribution in [0.4, 0.5) is 0 Å². The van der Waals surface area contributed by atoms with Crippen LogP contribution in [-0.4, -0.2) is 49.6 Å². The molecule has 1 fully saturated rings. The van der Waals surface area contributed by atoms with Crippen molar-refractivity contribution in [2.24, 2.45) is 5.41 Å². The Morgan fingerprint density at radius 3 is 2.48 bits per heavy atom. The van der Waals surface area contributed by atoms with Crippen LogP contribution in [0.2, 0.25) is 0 Å². The van der Waals surface area contributed by atoms with Crippen molar-refractivity contribution in [2.75, 3.05) is 13.2 Å². The zero-order chi connectivity index (χ0) is 14.9. The molecule has 1 aliphatic carbocycles. The standard InChI is InChI=1S/C15H19N3O3/c19-9-15(10-20)6-13(14(21)7-15)18-8-12(16-17-18)11-4-2-1-3-5-11/h1-5,8,13-14,19-21H,6-7,9-10H2/t13-,14-/m0/s1. The van der Waals surface area contributed by atoms with E-state index in [2.05, 4.69) is 10.3 Å². The summed E-state index contributed by atoms with van der Waals surface area (Å²) in [5.74, 6) is 0. The number of hydrogen-bond acceptors (Lipinski definition) is 5. The van der Waals surface area contributed by atoms with Crippen LogP contribution in [-0.2, 0) is 0 Å². The summed E-state index contributed by atoms with van der Waals surface area (Å²) in [5, 5.41) is 37.4. The number of aliphatic hydroxyl groups excluding tert-OH is 3. The molecule has 6 nitrogen and oxygen atoms in total. The minimum atomic E-state index is -0.644. The van der Waals surface area contributed by atoms with E-state index in [1.807, 2.05) is 30.3 Å². The minimum absolute atomic E-state index is 0.142. The molecule has 0 amide bonds. The molecule has 0 unspecified atom stereocenters. The molecule has 6 heteroatoms. The maximum absolute atomic E-state index is 10.2. The monoisotopic (exact) mass is 289 g/mol. The van der Waals surface area contributed by atoms with E-state index in [1.54, 1.807) is 10.9 Å². The third kappa shape index (κ3) is 2.57. The number of nitrogens with zero attached hydrogens (tertiary/aromatic N) is 3. The van der Waals surface area contributed by atoms with Gasteiger partial charge in [-0.2, -0.15) is 0 Å². The molecule has 0 saturated heterocycles. The van der Waals surface area contributed by atoms with Gasteiger partial charge in [0.05, 0.1) is 31.6 Å². The third-order valence-electron chi connectivity index (χ3n) is 4.32. The van der Waals surface area contributed by atoms with E-state index >= 15 is 0 Å². The van der Waals surface area contributed by atoms with Crippen LogP contribution in [0.25, 0.3) is 11.3 Å². The second kappa shape index (κ2) is 5.55. The van der Waals surface area contributed by atoms with Crippen molar-refractivity contribution in [1.29, 1.82) is 0 Å². The van der Waals surface area contributed by atoms with Crippen LogP contribution in [0.1, 0.15) is 18.9 Å². The molecule has 21 heavy (non-hydrogen) atoms. The Labute approximate surface area is 122 Å². The Kier molecular flexibility index (Phi) is 3.75. The Hall–Kier alpha value is -1.76. The topological polar surface area (TPSA) is 91.4 Å². The summed E-state index contributed by atoms with van der Waals surface area (Å²) < 4.78 is 1.64. The van der Waals surface area contributed by atoms with E-state index in [0.717, 1.165) is 11.3 Å². The van der Waals surface area contributed by atoms with Gasteiger partial charge in [0.1, 0.15) is 5.69 Å². The average Bonchev–Trinajstić information content (AvgIpc) is 3.13. The fourth-order valence-electron chi connectivity index (χ4n) is 3.00. The van der Waals surface area contributed by atoms with Crippen LogP contribution in [0.5, 0.6) is 0 Å². The van der Waals surface area contributed by atoms with Crippen LogP contribution in [0.15, 0.2) is 36.5 Å². The first-order chi connectivity index (χ1) is 10.2. The zero-order valence-corrected chi connectivity index (χ0v) is 11.6. The lowest BCUT2D eigenvalue weighted by atomic mass is 9.88. The van der Waals surface area contributed by atoms with Crippen molar-refractivity contribution in [3.05, 3.63) is 36.5 Å². The maximum atomic E-state index is 10.2. The SMILES string of the molecule is OCC1(CO)C[C@H](O)[C@@H](n2cc(-c3ccccc3)nn2)C1. The number of benzene rings is 1. The third-order valence-corrected chi connectivity index (χ3v) is 4.32. The van der Waals surface area contributed by atoms with Gasteiger partial charge < -0.3 is 15.3 Å². The summed E-state index contributed by atoms with van der Waals surface area (Å²) in [5.41, 5.74) is 1.07. The van der Waals surface area contributed by atoms with Gasteiger partial charge in [0, 0.05) is 11.0 Å². The number of hydrogen-bond donors (Lipinski definition) is 3. The second-order valence-electron chi connectivity index (χ2n) is 5.81. The van der Waals surface area contributed by atoms with Crippen molar-refractivity contribution < 1.29 is 15.3 Å². The minimum Gasteiger partial charge on any atom is -0.396 e. The fourth-order valence-corrected chi connectivity index (χ4v) is 3.00. The van der Waals surface area contributed by atoms with Crippen LogP contribution >= 0.6 is 0 Å². The second-order valence-corrected chi connectivity index (χ2v) is 5.81. The van der Waals surface area contributed by atoms with E-state index in [1.165, 1.54) is 0 Å². The van der Waals surface area contributed by atoms with Gasteiger partial charge in [0.25, 0.3) is 0 Å². The van der Waals surface area contributed by atoms with Crippen molar-refractivity contribution in [3.63, 3.8) is 0 Å². The van der Waals surface area contributed by atoms with E-state index in [9.17, 15) is 15.3 Å². The molecule has 112 valence electrons. The first kappa shape index (κ1) is 14.2. The van der Waals surface area contributed by atoms with Gasteiger partial charge >= 0.3 is 0 Å². The highest BCUT2D eigenvalue weighted by molar-refractivity contribution is 5.57. The lowest BCUT2D eigenvalue weighted by molar-refractivity contribution is 0.0466. The number of aliphatic hydroxyl groups is 3. The summed E-state index contributed by atoms with van der Waals surface area (Å²) >= 11 is 0. The van der Waals surface area contributed by atoms with Gasteiger partial charge in [-0.05, 0) is 12.8 Å². The van der Waals surface area contributed by atoms with Crippen molar-refractivity contribution in [1.82, 2.24) is 15.0 Å². The molecular formula is C15H19N3O3. The molecule has 1 aromatic heterocycles. The summed E-state index contributed by atoms with van der Waals surface area (Å²) in [6.07, 6.45) is 2.01. The summed E-state index contributed by atoms with van der Waals surface area (Å²) in [6, 6.07) is 9.43. The molecular weight excluding hydrogens is 270 g/mol. The molecule has 1 aliphatic rings. The van der Waals surface area contributed by atoms with Gasteiger partial charge in [-0.15, -0.1) is 5.10 Å². The average molecular weight is 289 g/mol. The van der Waals surface area contributed by atoms with Crippen LogP contribution < -0.4 is 0 Å². The molecule has 2 atom stereocenters. The van der Waals surface area contributed by atoms with Crippen molar-refractivity contribution >= 4 is 0 Å². The van der Waals surface area contributed by atoms with Crippen molar-refractivity contribution in [2.45, 2.75) is 25.0 Å². The Balaban J connectivity index is 1.84. The molecule has 1 heterocycles. The van der Waals surface area contributed by atoms with E-state index < -0.39 is 11.5 Å². The maximum Gasteiger partial charge on any atom is 0.113 e. The molecule has 2 aromatic rings. The van der Waals surface area contributed by atoms with E-state index in [4.69, 9.17) is 0 Å². The van der Waals surface area contributed by atoms with Crippen LogP contribution in [0, 0.1) is 5.41 Å². The normalized spacial score (nSPS) is 24.3. The Bertz CT molecular complexity index is 595. The molecule has 1 saturated carbocycles. The van der Waals surface area contributed by atoms with Gasteiger partial charge in [-0.3, -0.25) is 0 Å². The first-order valence-corrected chi connectivity index (χ1v) is 7.04. The lowest BCUT2D eigenvalue weighted by Gasteiger charge is -2.23.